The zero-order chi connectivity index (χ0) is 16.7. The van der Waals surface area contributed by atoms with E-state index in [0.29, 0.717) is 0 Å². The van der Waals surface area contributed by atoms with Crippen LogP contribution in [-0.4, -0.2) is 31.5 Å². The highest BCUT2D eigenvalue weighted by molar-refractivity contribution is 9.10. The number of benzene rings is 1. The summed E-state index contributed by atoms with van der Waals surface area (Å²) in [5.41, 5.74) is -0.646. The molecule has 1 aliphatic heterocycles. The van der Waals surface area contributed by atoms with Crippen molar-refractivity contribution in [1.82, 2.24) is 0 Å². The molecule has 0 spiro atoms. The van der Waals surface area contributed by atoms with Gasteiger partial charge >= 0.3 is 5.69 Å². The summed E-state index contributed by atoms with van der Waals surface area (Å²) in [4.78, 5) is 23.1. The summed E-state index contributed by atoms with van der Waals surface area (Å²) in [6.45, 7) is 0.0339. The van der Waals surface area contributed by atoms with Crippen LogP contribution < -0.4 is 4.90 Å². The normalized spacial score (nSPS) is 18.8. The van der Waals surface area contributed by atoms with Crippen LogP contribution in [0, 0.1) is 21.8 Å². The van der Waals surface area contributed by atoms with E-state index in [4.69, 9.17) is 10.7 Å². The van der Waals surface area contributed by atoms with Gasteiger partial charge < -0.3 is 4.90 Å². The lowest BCUT2D eigenvalue weighted by Crippen LogP contribution is -2.26. The zero-order valence-electron chi connectivity index (χ0n) is 10.8. The van der Waals surface area contributed by atoms with E-state index in [1.54, 1.807) is 0 Å². The molecule has 1 amide bonds. The number of anilines is 1. The van der Waals surface area contributed by atoms with Gasteiger partial charge in [-0.15, -0.1) is 0 Å². The Morgan fingerprint density at radius 2 is 2.14 bits per heavy atom. The molecule has 1 aromatic rings. The SMILES string of the molecule is O=C1CC(CS(=O)(=O)Cl)CN1c1cc([N+](=O)[O-])c(F)cc1Br. The van der Waals surface area contributed by atoms with Crippen LogP contribution in [0.4, 0.5) is 15.8 Å². The fraction of sp³-hybridized carbons (Fsp3) is 0.364. The second-order valence-electron chi connectivity index (χ2n) is 4.79. The first-order chi connectivity index (χ1) is 10.1. The molecule has 0 saturated carbocycles. The minimum atomic E-state index is -3.76. The molecule has 1 fully saturated rings. The zero-order valence-corrected chi connectivity index (χ0v) is 14.0. The molecule has 0 aromatic heterocycles. The minimum absolute atomic E-state index is 0.0339. The molecule has 1 aliphatic rings. The van der Waals surface area contributed by atoms with Gasteiger partial charge in [-0.05, 0) is 22.0 Å². The number of halogens is 3. The molecule has 1 atom stereocenters. The molecule has 2 rings (SSSR count). The molecule has 0 radical (unpaired) electrons. The molecule has 1 unspecified atom stereocenters. The summed E-state index contributed by atoms with van der Waals surface area (Å²) in [7, 11) is 1.41. The van der Waals surface area contributed by atoms with Crippen molar-refractivity contribution in [2.75, 3.05) is 17.2 Å². The third-order valence-electron chi connectivity index (χ3n) is 3.14. The van der Waals surface area contributed by atoms with E-state index in [1.807, 2.05) is 0 Å². The highest BCUT2D eigenvalue weighted by Crippen LogP contribution is 2.36. The Kier molecular flexibility index (Phi) is 4.73. The summed E-state index contributed by atoms with van der Waals surface area (Å²) >= 11 is 3.05. The molecule has 7 nitrogen and oxygen atoms in total. The predicted molar refractivity (Wildman–Crippen MR) is 80.9 cm³/mol. The molecule has 11 heteroatoms. The Morgan fingerprint density at radius 3 is 2.68 bits per heavy atom. The second-order valence-corrected chi connectivity index (χ2v) is 8.47. The van der Waals surface area contributed by atoms with Crippen LogP contribution >= 0.6 is 26.6 Å². The first-order valence-electron chi connectivity index (χ1n) is 5.94. The van der Waals surface area contributed by atoms with Gasteiger partial charge in [-0.25, -0.2) is 8.42 Å². The average molecular weight is 416 g/mol. The molecule has 120 valence electrons. The van der Waals surface area contributed by atoms with E-state index >= 15 is 0 Å². The van der Waals surface area contributed by atoms with Crippen molar-refractivity contribution < 1.29 is 22.5 Å². The summed E-state index contributed by atoms with van der Waals surface area (Å²) < 4.78 is 35.8. The van der Waals surface area contributed by atoms with E-state index in [-0.39, 0.29) is 28.9 Å². The Balaban J connectivity index is 2.34. The van der Waals surface area contributed by atoms with Gasteiger partial charge in [0.05, 0.1) is 16.4 Å². The number of hydrogen-bond acceptors (Lipinski definition) is 5. The van der Waals surface area contributed by atoms with Gasteiger partial charge in [-0.2, -0.15) is 4.39 Å². The molecule has 0 bridgehead atoms. The number of rotatable bonds is 4. The molecule has 1 saturated heterocycles. The van der Waals surface area contributed by atoms with Gasteiger partial charge in [0.1, 0.15) is 0 Å². The summed E-state index contributed by atoms with van der Waals surface area (Å²) in [6.07, 6.45) is -0.0520. The van der Waals surface area contributed by atoms with Crippen LogP contribution in [0.2, 0.25) is 0 Å². The van der Waals surface area contributed by atoms with Gasteiger partial charge in [0.25, 0.3) is 0 Å². The summed E-state index contributed by atoms with van der Waals surface area (Å²) in [5, 5.41) is 10.8. The van der Waals surface area contributed by atoms with Gasteiger partial charge in [0, 0.05) is 40.1 Å². The highest BCUT2D eigenvalue weighted by atomic mass is 79.9. The molecular weight excluding hydrogens is 407 g/mol. The third-order valence-corrected chi connectivity index (χ3v) is 5.03. The van der Waals surface area contributed by atoms with Crippen LogP contribution in [0.25, 0.3) is 0 Å². The van der Waals surface area contributed by atoms with Crippen molar-refractivity contribution in [1.29, 1.82) is 0 Å². The molecule has 0 N–H and O–H groups in total. The van der Waals surface area contributed by atoms with Crippen molar-refractivity contribution in [3.05, 3.63) is 32.5 Å². The Hall–Kier alpha value is -1.26. The van der Waals surface area contributed by atoms with Gasteiger partial charge in [0.15, 0.2) is 0 Å². The smallest absolute Gasteiger partial charge is 0.306 e. The van der Waals surface area contributed by atoms with Crippen molar-refractivity contribution in [3.63, 3.8) is 0 Å². The fourth-order valence-corrected chi connectivity index (χ4v) is 4.13. The quantitative estimate of drug-likeness (QED) is 0.427. The first-order valence-corrected chi connectivity index (χ1v) is 9.22. The number of nitro benzene ring substituents is 1. The molecule has 22 heavy (non-hydrogen) atoms. The van der Waals surface area contributed by atoms with E-state index in [0.717, 1.165) is 12.1 Å². The van der Waals surface area contributed by atoms with Crippen molar-refractivity contribution in [2.24, 2.45) is 5.92 Å². The minimum Gasteiger partial charge on any atom is -0.311 e. The third kappa shape index (κ3) is 3.73. The lowest BCUT2D eigenvalue weighted by atomic mass is 10.1. The molecule has 1 heterocycles. The van der Waals surface area contributed by atoms with Crippen LogP contribution in [0.1, 0.15) is 6.42 Å². The monoisotopic (exact) mass is 414 g/mol. The first kappa shape index (κ1) is 17.1. The molecular formula is C11H9BrClFN2O5S. The Bertz CT molecular complexity index is 757. The summed E-state index contributed by atoms with van der Waals surface area (Å²) in [5.74, 6) is -2.34. The van der Waals surface area contributed by atoms with Crippen molar-refractivity contribution in [2.45, 2.75) is 6.42 Å². The topological polar surface area (TPSA) is 97.6 Å². The van der Waals surface area contributed by atoms with E-state index in [2.05, 4.69) is 15.9 Å². The standard InChI is InChI=1S/C11H9BrClFN2O5S/c12-7-2-8(14)10(16(18)19)3-9(7)15-4-6(1-11(15)17)5-22(13,20)21/h2-3,6H,1,4-5H2. The Morgan fingerprint density at radius 1 is 1.50 bits per heavy atom. The van der Waals surface area contributed by atoms with E-state index in [1.165, 1.54) is 4.90 Å². The number of carbonyl (C=O) groups excluding carboxylic acids is 1. The van der Waals surface area contributed by atoms with Crippen LogP contribution in [0.3, 0.4) is 0 Å². The van der Waals surface area contributed by atoms with Crippen LogP contribution in [0.5, 0.6) is 0 Å². The van der Waals surface area contributed by atoms with Gasteiger partial charge in [-0.3, -0.25) is 14.9 Å². The molecule has 0 aliphatic carbocycles. The van der Waals surface area contributed by atoms with Crippen molar-refractivity contribution >= 4 is 52.9 Å². The largest absolute Gasteiger partial charge is 0.311 e. The predicted octanol–water partition coefficient (Wildman–Crippen LogP) is 2.42. The number of nitrogens with zero attached hydrogens (tertiary/aromatic N) is 2. The molecule has 1 aromatic carbocycles. The van der Waals surface area contributed by atoms with Crippen molar-refractivity contribution in [3.8, 4) is 0 Å². The van der Waals surface area contributed by atoms with Gasteiger partial charge in [0.2, 0.25) is 20.8 Å². The highest BCUT2D eigenvalue weighted by Gasteiger charge is 2.35. The van der Waals surface area contributed by atoms with Crippen LogP contribution in [0.15, 0.2) is 16.6 Å². The maximum Gasteiger partial charge on any atom is 0.306 e. The number of hydrogen-bond donors (Lipinski definition) is 0. The Labute approximate surface area is 137 Å². The van der Waals surface area contributed by atoms with Crippen LogP contribution in [-0.2, 0) is 13.8 Å². The second kappa shape index (κ2) is 6.09. The fourth-order valence-electron chi connectivity index (χ4n) is 2.28. The average Bonchev–Trinajstić information content (AvgIpc) is 2.67. The number of nitro groups is 1. The van der Waals surface area contributed by atoms with E-state index < -0.39 is 37.3 Å². The maximum atomic E-state index is 13.5. The van der Waals surface area contributed by atoms with Gasteiger partial charge in [-0.1, -0.05) is 0 Å². The van der Waals surface area contributed by atoms with E-state index in [9.17, 15) is 27.7 Å². The lowest BCUT2D eigenvalue weighted by molar-refractivity contribution is -0.387. The number of carbonyl (C=O) groups is 1. The maximum absolute atomic E-state index is 13.5. The summed E-state index contributed by atoms with van der Waals surface area (Å²) in [6, 6.07) is 1.83. The number of amides is 1. The lowest BCUT2D eigenvalue weighted by Gasteiger charge is -2.18.